The number of halogens is 6. The molecule has 0 radical (unpaired) electrons. The zero-order valence-electron chi connectivity index (χ0n) is 10.8. The zero-order chi connectivity index (χ0) is 16.5. The molecule has 0 aliphatic carbocycles. The first-order chi connectivity index (χ1) is 10.2. The lowest BCUT2D eigenvalue weighted by atomic mass is 9.99. The Hall–Kier alpha value is -2.22. The van der Waals surface area contributed by atoms with Crippen molar-refractivity contribution in [2.45, 2.75) is 12.4 Å². The van der Waals surface area contributed by atoms with Gasteiger partial charge < -0.3 is 10.5 Å². The minimum atomic E-state index is -5.04. The van der Waals surface area contributed by atoms with Gasteiger partial charge in [-0.3, -0.25) is 0 Å². The van der Waals surface area contributed by atoms with E-state index in [9.17, 15) is 26.3 Å². The lowest BCUT2D eigenvalue weighted by molar-refractivity contribution is -0.275. The van der Waals surface area contributed by atoms with E-state index in [1.807, 2.05) is 0 Å². The lowest BCUT2D eigenvalue weighted by Crippen LogP contribution is -2.18. The van der Waals surface area contributed by atoms with E-state index < -0.39 is 35.6 Å². The number of alkyl halides is 3. The molecule has 2 nitrogen and oxygen atoms in total. The molecule has 0 aliphatic rings. The Morgan fingerprint density at radius 3 is 2.18 bits per heavy atom. The van der Waals surface area contributed by atoms with E-state index in [-0.39, 0.29) is 11.1 Å². The van der Waals surface area contributed by atoms with Gasteiger partial charge in [-0.15, -0.1) is 13.2 Å². The smallest absolute Gasteiger partial charge is 0.403 e. The summed E-state index contributed by atoms with van der Waals surface area (Å²) >= 11 is 0. The van der Waals surface area contributed by atoms with Crippen LogP contribution in [0.25, 0.3) is 0 Å². The fourth-order valence-electron chi connectivity index (χ4n) is 1.85. The van der Waals surface area contributed by atoms with Crippen molar-refractivity contribution < 1.29 is 31.1 Å². The van der Waals surface area contributed by atoms with Crippen LogP contribution in [0, 0.1) is 17.5 Å². The van der Waals surface area contributed by atoms with Crippen LogP contribution in [-0.4, -0.2) is 6.36 Å². The maximum Gasteiger partial charge on any atom is 0.573 e. The summed E-state index contributed by atoms with van der Waals surface area (Å²) in [5, 5.41) is 0. The quantitative estimate of drug-likeness (QED) is 0.866. The highest BCUT2D eigenvalue weighted by Crippen LogP contribution is 2.29. The Bertz CT molecular complexity index is 686. The first kappa shape index (κ1) is 16.2. The summed E-state index contributed by atoms with van der Waals surface area (Å²) in [6, 6.07) is 3.75. The summed E-state index contributed by atoms with van der Waals surface area (Å²) < 4.78 is 79.9. The number of hydrogen-bond donors (Lipinski definition) is 1. The van der Waals surface area contributed by atoms with E-state index in [4.69, 9.17) is 5.73 Å². The Balaban J connectivity index is 2.33. The number of nitrogens with two attached hydrogens (primary N) is 1. The molecule has 118 valence electrons. The van der Waals surface area contributed by atoms with Gasteiger partial charge in [-0.05, 0) is 35.9 Å². The fraction of sp³-hybridized carbons (Fsp3) is 0.143. The van der Waals surface area contributed by atoms with Gasteiger partial charge in [-0.25, -0.2) is 13.2 Å². The molecule has 22 heavy (non-hydrogen) atoms. The predicted molar refractivity (Wildman–Crippen MR) is 65.5 cm³/mol. The van der Waals surface area contributed by atoms with Gasteiger partial charge in [0, 0.05) is 5.56 Å². The molecule has 0 heterocycles. The van der Waals surface area contributed by atoms with Crippen molar-refractivity contribution in [3.05, 3.63) is 65.0 Å². The summed E-state index contributed by atoms with van der Waals surface area (Å²) in [6.45, 7) is 0. The van der Waals surface area contributed by atoms with Crippen molar-refractivity contribution >= 4 is 0 Å². The average Bonchev–Trinajstić information content (AvgIpc) is 2.41. The van der Waals surface area contributed by atoms with E-state index >= 15 is 0 Å². The van der Waals surface area contributed by atoms with E-state index in [0.29, 0.717) is 6.07 Å². The van der Waals surface area contributed by atoms with Gasteiger partial charge in [-0.1, -0.05) is 6.07 Å². The van der Waals surface area contributed by atoms with Crippen molar-refractivity contribution in [1.29, 1.82) is 0 Å². The van der Waals surface area contributed by atoms with Gasteiger partial charge in [0.15, 0.2) is 11.6 Å². The normalized spacial score (nSPS) is 13.0. The highest BCUT2D eigenvalue weighted by molar-refractivity contribution is 5.37. The molecule has 8 heteroatoms. The molecular weight excluding hydrogens is 312 g/mol. The van der Waals surface area contributed by atoms with Crippen LogP contribution in [0.3, 0.4) is 0 Å². The number of ether oxygens (including phenoxy) is 1. The van der Waals surface area contributed by atoms with Crippen LogP contribution in [0.15, 0.2) is 36.4 Å². The SMILES string of the molecule is NC(c1ccc(OC(F)(F)F)c(F)c1)c1cc(F)ccc1F. The second kappa shape index (κ2) is 5.88. The van der Waals surface area contributed by atoms with Crippen LogP contribution in [0.4, 0.5) is 26.3 Å². The third-order valence-corrected chi connectivity index (χ3v) is 2.83. The van der Waals surface area contributed by atoms with E-state index in [1.165, 1.54) is 0 Å². The van der Waals surface area contributed by atoms with E-state index in [1.54, 1.807) is 0 Å². The zero-order valence-corrected chi connectivity index (χ0v) is 10.8. The van der Waals surface area contributed by atoms with Crippen LogP contribution < -0.4 is 10.5 Å². The van der Waals surface area contributed by atoms with Gasteiger partial charge >= 0.3 is 6.36 Å². The maximum absolute atomic E-state index is 13.6. The third-order valence-electron chi connectivity index (χ3n) is 2.83. The molecule has 0 aromatic heterocycles. The summed E-state index contributed by atoms with van der Waals surface area (Å²) in [7, 11) is 0. The summed E-state index contributed by atoms with van der Waals surface area (Å²) in [5.74, 6) is -3.92. The van der Waals surface area contributed by atoms with Crippen LogP contribution in [0.2, 0.25) is 0 Å². The van der Waals surface area contributed by atoms with Crippen LogP contribution in [0.1, 0.15) is 17.2 Å². The van der Waals surface area contributed by atoms with Gasteiger partial charge in [0.05, 0.1) is 6.04 Å². The highest BCUT2D eigenvalue weighted by atomic mass is 19.4. The summed E-state index contributed by atoms with van der Waals surface area (Å²) in [4.78, 5) is 0. The average molecular weight is 321 g/mol. The van der Waals surface area contributed by atoms with Crippen LogP contribution in [-0.2, 0) is 0 Å². The molecule has 0 saturated carbocycles. The second-order valence-electron chi connectivity index (χ2n) is 4.38. The molecule has 0 bridgehead atoms. The second-order valence-corrected chi connectivity index (χ2v) is 4.38. The van der Waals surface area contributed by atoms with Gasteiger partial charge in [0.25, 0.3) is 0 Å². The molecule has 1 unspecified atom stereocenters. The van der Waals surface area contributed by atoms with Crippen molar-refractivity contribution in [1.82, 2.24) is 0 Å². The summed E-state index contributed by atoms with van der Waals surface area (Å²) in [5.41, 5.74) is 5.42. The molecule has 2 rings (SSSR count). The topological polar surface area (TPSA) is 35.2 Å². The minimum absolute atomic E-state index is 0.0310. The maximum atomic E-state index is 13.6. The predicted octanol–water partition coefficient (Wildman–Crippen LogP) is 4.05. The van der Waals surface area contributed by atoms with Gasteiger partial charge in [0.1, 0.15) is 11.6 Å². The molecule has 0 amide bonds. The van der Waals surface area contributed by atoms with Crippen molar-refractivity contribution in [2.75, 3.05) is 0 Å². The Labute approximate surface area is 121 Å². The van der Waals surface area contributed by atoms with Crippen molar-refractivity contribution in [3.8, 4) is 5.75 Å². The molecule has 2 aromatic carbocycles. The Morgan fingerprint density at radius 2 is 1.59 bits per heavy atom. The summed E-state index contributed by atoms with van der Waals surface area (Å²) in [6.07, 6.45) is -5.04. The molecule has 0 spiro atoms. The number of hydrogen-bond acceptors (Lipinski definition) is 2. The van der Waals surface area contributed by atoms with Crippen molar-refractivity contribution in [3.63, 3.8) is 0 Å². The van der Waals surface area contributed by atoms with Crippen molar-refractivity contribution in [2.24, 2.45) is 5.73 Å². The standard InChI is InChI=1S/C14H9F6NO/c15-8-2-3-10(16)9(6-8)13(21)7-1-4-12(11(17)5-7)22-14(18,19)20/h1-6,13H,21H2. The van der Waals surface area contributed by atoms with Gasteiger partial charge in [0.2, 0.25) is 0 Å². The van der Waals surface area contributed by atoms with E-state index in [2.05, 4.69) is 4.74 Å². The van der Waals surface area contributed by atoms with E-state index in [0.717, 1.165) is 30.3 Å². The molecule has 1 atom stereocenters. The molecule has 0 saturated heterocycles. The molecular formula is C14H9F6NO. The number of rotatable bonds is 3. The molecule has 0 fully saturated rings. The number of benzene rings is 2. The monoisotopic (exact) mass is 321 g/mol. The molecule has 2 aromatic rings. The van der Waals surface area contributed by atoms with Crippen LogP contribution >= 0.6 is 0 Å². The Morgan fingerprint density at radius 1 is 0.909 bits per heavy atom. The minimum Gasteiger partial charge on any atom is -0.403 e. The molecule has 0 aliphatic heterocycles. The third kappa shape index (κ3) is 3.70. The highest BCUT2D eigenvalue weighted by Gasteiger charge is 2.32. The fourth-order valence-corrected chi connectivity index (χ4v) is 1.85. The first-order valence-corrected chi connectivity index (χ1v) is 5.93. The van der Waals surface area contributed by atoms with Gasteiger partial charge in [-0.2, -0.15) is 0 Å². The Kier molecular flexibility index (Phi) is 4.32. The van der Waals surface area contributed by atoms with Crippen LogP contribution in [0.5, 0.6) is 5.75 Å². The first-order valence-electron chi connectivity index (χ1n) is 5.93. The molecule has 2 N–H and O–H groups in total. The largest absolute Gasteiger partial charge is 0.573 e. The lowest BCUT2D eigenvalue weighted by Gasteiger charge is -2.15.